The maximum Gasteiger partial charge on any atom is 0.433 e. The smallest absolute Gasteiger partial charge is 0.351 e. The number of halogens is 4. The standard InChI is InChI=1S/C17H16BrF3N6O/c18-11-8-23-26(9-11)5-1-4-22-16(28)13-7-15-24-12(10-2-3-10)6-14(17(19,20)21)27(15)25-13/h6-10H,1-5H2,(H,22,28). The number of amides is 1. The molecule has 0 radical (unpaired) electrons. The van der Waals surface area contributed by atoms with Crippen LogP contribution in [0.4, 0.5) is 13.2 Å². The molecule has 0 bridgehead atoms. The van der Waals surface area contributed by atoms with E-state index < -0.39 is 17.8 Å². The molecule has 1 fully saturated rings. The zero-order valence-corrected chi connectivity index (χ0v) is 16.2. The van der Waals surface area contributed by atoms with Crippen LogP contribution in [0.15, 0.2) is 29.0 Å². The summed E-state index contributed by atoms with van der Waals surface area (Å²) in [6.45, 7) is 0.943. The molecule has 7 nitrogen and oxygen atoms in total. The second-order valence-corrected chi connectivity index (χ2v) is 7.58. The molecule has 1 aliphatic rings. The van der Waals surface area contributed by atoms with Crippen LogP contribution in [0.3, 0.4) is 0 Å². The minimum Gasteiger partial charge on any atom is -0.351 e. The highest BCUT2D eigenvalue weighted by Gasteiger charge is 2.37. The minimum absolute atomic E-state index is 0.0308. The fourth-order valence-electron chi connectivity index (χ4n) is 2.89. The van der Waals surface area contributed by atoms with Crippen molar-refractivity contribution < 1.29 is 18.0 Å². The van der Waals surface area contributed by atoms with Gasteiger partial charge in [0.1, 0.15) is 5.69 Å². The third kappa shape index (κ3) is 4.03. The molecule has 0 unspecified atom stereocenters. The molecule has 11 heteroatoms. The van der Waals surface area contributed by atoms with E-state index in [1.165, 1.54) is 6.07 Å². The van der Waals surface area contributed by atoms with E-state index in [9.17, 15) is 18.0 Å². The summed E-state index contributed by atoms with van der Waals surface area (Å²) in [5, 5.41) is 10.6. The first-order valence-corrected chi connectivity index (χ1v) is 9.54. The summed E-state index contributed by atoms with van der Waals surface area (Å²) in [7, 11) is 0. The van der Waals surface area contributed by atoms with Crippen LogP contribution in [0.25, 0.3) is 5.65 Å². The second kappa shape index (κ2) is 7.19. The molecule has 148 valence electrons. The summed E-state index contributed by atoms with van der Waals surface area (Å²) >= 11 is 3.30. The lowest BCUT2D eigenvalue weighted by Gasteiger charge is -2.10. The van der Waals surface area contributed by atoms with Crippen LogP contribution in [-0.4, -0.2) is 36.8 Å². The molecule has 4 rings (SSSR count). The van der Waals surface area contributed by atoms with Gasteiger partial charge in [-0.15, -0.1) is 0 Å². The van der Waals surface area contributed by atoms with E-state index in [-0.39, 0.29) is 17.3 Å². The lowest BCUT2D eigenvalue weighted by molar-refractivity contribution is -0.142. The molecular formula is C17H16BrF3N6O. The van der Waals surface area contributed by atoms with E-state index in [1.807, 2.05) is 6.20 Å². The van der Waals surface area contributed by atoms with Crippen LogP contribution in [0.1, 0.15) is 47.1 Å². The Balaban J connectivity index is 1.48. The average Bonchev–Trinajstić information content (AvgIpc) is 3.26. The van der Waals surface area contributed by atoms with Crippen molar-refractivity contribution >= 4 is 27.5 Å². The predicted octanol–water partition coefficient (Wildman–Crippen LogP) is 3.40. The fourth-order valence-corrected chi connectivity index (χ4v) is 3.22. The molecule has 0 atom stereocenters. The first-order chi connectivity index (χ1) is 13.3. The number of fused-ring (bicyclic) bond motifs is 1. The molecule has 28 heavy (non-hydrogen) atoms. The van der Waals surface area contributed by atoms with Crippen molar-refractivity contribution in [2.75, 3.05) is 6.54 Å². The Morgan fingerprint density at radius 2 is 2.11 bits per heavy atom. The lowest BCUT2D eigenvalue weighted by atomic mass is 10.2. The summed E-state index contributed by atoms with van der Waals surface area (Å²) in [5.74, 6) is -0.478. The molecule has 3 aromatic rings. The number of aromatic nitrogens is 5. The summed E-state index contributed by atoms with van der Waals surface area (Å²) < 4.78 is 43.5. The number of hydrogen-bond donors (Lipinski definition) is 1. The number of aryl methyl sites for hydroxylation is 1. The molecule has 0 saturated heterocycles. The van der Waals surface area contributed by atoms with Gasteiger partial charge >= 0.3 is 6.18 Å². The Morgan fingerprint density at radius 3 is 2.75 bits per heavy atom. The largest absolute Gasteiger partial charge is 0.433 e. The SMILES string of the molecule is O=C(NCCCn1cc(Br)cn1)c1cc2nc(C3CC3)cc(C(F)(F)F)n2n1. The predicted molar refractivity (Wildman–Crippen MR) is 96.8 cm³/mol. The van der Waals surface area contributed by atoms with E-state index in [1.54, 1.807) is 10.9 Å². The highest BCUT2D eigenvalue weighted by Crippen LogP contribution is 2.41. The van der Waals surface area contributed by atoms with Gasteiger partial charge in [-0.1, -0.05) is 0 Å². The molecule has 1 N–H and O–H groups in total. The van der Waals surface area contributed by atoms with Gasteiger partial charge in [0.2, 0.25) is 0 Å². The number of hydrogen-bond acceptors (Lipinski definition) is 4. The molecule has 1 saturated carbocycles. The Morgan fingerprint density at radius 1 is 1.32 bits per heavy atom. The van der Waals surface area contributed by atoms with Gasteiger partial charge in [0, 0.05) is 37.0 Å². The molecule has 3 aromatic heterocycles. The first kappa shape index (κ1) is 18.9. The summed E-state index contributed by atoms with van der Waals surface area (Å²) in [4.78, 5) is 16.6. The number of carbonyl (C=O) groups excluding carboxylic acids is 1. The zero-order valence-electron chi connectivity index (χ0n) is 14.6. The topological polar surface area (TPSA) is 77.1 Å². The monoisotopic (exact) mass is 456 g/mol. The molecule has 0 spiro atoms. The van der Waals surface area contributed by atoms with Gasteiger partial charge in [0.15, 0.2) is 11.3 Å². The van der Waals surface area contributed by atoms with Gasteiger partial charge in [-0.2, -0.15) is 23.4 Å². The number of alkyl halides is 3. The van der Waals surface area contributed by atoms with Crippen molar-refractivity contribution in [1.29, 1.82) is 0 Å². The van der Waals surface area contributed by atoms with Crippen molar-refractivity contribution in [1.82, 2.24) is 29.7 Å². The van der Waals surface area contributed by atoms with E-state index in [2.05, 4.69) is 36.4 Å². The molecule has 3 heterocycles. The number of rotatable bonds is 6. The average molecular weight is 457 g/mol. The Kier molecular flexibility index (Phi) is 4.86. The third-order valence-electron chi connectivity index (χ3n) is 4.42. The quantitative estimate of drug-likeness (QED) is 0.576. The summed E-state index contributed by atoms with van der Waals surface area (Å²) in [6.07, 6.45) is 1.17. The number of carbonyl (C=O) groups is 1. The highest BCUT2D eigenvalue weighted by atomic mass is 79.9. The van der Waals surface area contributed by atoms with Crippen LogP contribution in [0, 0.1) is 0 Å². The third-order valence-corrected chi connectivity index (χ3v) is 4.83. The first-order valence-electron chi connectivity index (χ1n) is 8.75. The summed E-state index contributed by atoms with van der Waals surface area (Å²) in [6, 6.07) is 2.32. The van der Waals surface area contributed by atoms with Crippen LogP contribution in [0.2, 0.25) is 0 Å². The highest BCUT2D eigenvalue weighted by molar-refractivity contribution is 9.10. The van der Waals surface area contributed by atoms with Crippen molar-refractivity contribution in [3.63, 3.8) is 0 Å². The number of nitrogens with zero attached hydrogens (tertiary/aromatic N) is 5. The Hall–Kier alpha value is -2.43. The van der Waals surface area contributed by atoms with Crippen molar-refractivity contribution in [2.24, 2.45) is 0 Å². The van der Waals surface area contributed by atoms with E-state index in [0.29, 0.717) is 29.7 Å². The normalized spacial score (nSPS) is 14.6. The molecular weight excluding hydrogens is 441 g/mol. The van der Waals surface area contributed by atoms with E-state index >= 15 is 0 Å². The summed E-state index contributed by atoms with van der Waals surface area (Å²) in [5.41, 5.74) is -0.573. The van der Waals surface area contributed by atoms with Gasteiger partial charge in [0.05, 0.1) is 10.7 Å². The van der Waals surface area contributed by atoms with Crippen molar-refractivity contribution in [3.8, 4) is 0 Å². The molecule has 0 aromatic carbocycles. The van der Waals surface area contributed by atoms with E-state index in [0.717, 1.165) is 23.4 Å². The maximum absolute atomic E-state index is 13.4. The number of nitrogens with one attached hydrogen (secondary N) is 1. The van der Waals surface area contributed by atoms with E-state index in [4.69, 9.17) is 0 Å². The fraction of sp³-hybridized carbons (Fsp3) is 0.412. The van der Waals surface area contributed by atoms with Crippen molar-refractivity contribution in [2.45, 2.75) is 37.9 Å². The van der Waals surface area contributed by atoms with Crippen LogP contribution in [0.5, 0.6) is 0 Å². The van der Waals surface area contributed by atoms with Crippen LogP contribution >= 0.6 is 15.9 Å². The zero-order chi connectivity index (χ0) is 19.9. The van der Waals surface area contributed by atoms with Crippen molar-refractivity contribution in [3.05, 3.63) is 46.1 Å². The second-order valence-electron chi connectivity index (χ2n) is 6.67. The molecule has 1 amide bonds. The Bertz CT molecular complexity index is 1020. The molecule has 1 aliphatic carbocycles. The van der Waals surface area contributed by atoms with Gasteiger partial charge < -0.3 is 5.32 Å². The van der Waals surface area contributed by atoms with Gasteiger partial charge in [0.25, 0.3) is 5.91 Å². The van der Waals surface area contributed by atoms with Crippen LogP contribution in [-0.2, 0) is 12.7 Å². The molecule has 0 aliphatic heterocycles. The maximum atomic E-state index is 13.4. The minimum atomic E-state index is -4.58. The van der Waals surface area contributed by atoms with Crippen LogP contribution < -0.4 is 5.32 Å². The Labute approximate surface area is 166 Å². The van der Waals surface area contributed by atoms with Gasteiger partial charge in [-0.05, 0) is 41.3 Å². The lowest BCUT2D eigenvalue weighted by Crippen LogP contribution is -2.26. The van der Waals surface area contributed by atoms with Gasteiger partial charge in [-0.3, -0.25) is 9.48 Å². The van der Waals surface area contributed by atoms with Gasteiger partial charge in [-0.25, -0.2) is 9.50 Å².